The van der Waals surface area contributed by atoms with Crippen molar-refractivity contribution in [3.8, 4) is 0 Å². The van der Waals surface area contributed by atoms with E-state index in [0.717, 1.165) is 15.1 Å². The van der Waals surface area contributed by atoms with Gasteiger partial charge in [-0.25, -0.2) is 4.98 Å². The van der Waals surface area contributed by atoms with Crippen LogP contribution in [0.5, 0.6) is 0 Å². The Kier molecular flexibility index (Phi) is 4.12. The Balaban J connectivity index is 1.65. The topological polar surface area (TPSA) is 51.2 Å². The molecule has 1 amide bonds. The third kappa shape index (κ3) is 2.75. The normalized spacial score (nSPS) is 17.0. The van der Waals surface area contributed by atoms with E-state index in [-0.39, 0.29) is 5.91 Å². The highest BCUT2D eigenvalue weighted by atomic mass is 32.1. The lowest BCUT2D eigenvalue weighted by Gasteiger charge is -2.34. The summed E-state index contributed by atoms with van der Waals surface area (Å²) in [5.74, 6) is 0.0315. The minimum atomic E-state index is -0.500. The van der Waals surface area contributed by atoms with Gasteiger partial charge in [0.15, 0.2) is 5.13 Å². The lowest BCUT2D eigenvalue weighted by Crippen LogP contribution is -2.44. The predicted octanol–water partition coefficient (Wildman–Crippen LogP) is 4.35. The summed E-state index contributed by atoms with van der Waals surface area (Å²) < 4.78 is 6.60. The summed E-state index contributed by atoms with van der Waals surface area (Å²) in [5.41, 5.74) is 1.63. The summed E-state index contributed by atoms with van der Waals surface area (Å²) in [6.45, 7) is 3.29. The van der Waals surface area contributed by atoms with E-state index < -0.39 is 5.41 Å². The van der Waals surface area contributed by atoms with Crippen LogP contribution in [-0.2, 0) is 14.9 Å². The van der Waals surface area contributed by atoms with E-state index >= 15 is 0 Å². The van der Waals surface area contributed by atoms with Crippen molar-refractivity contribution in [2.24, 2.45) is 0 Å². The van der Waals surface area contributed by atoms with Crippen molar-refractivity contribution < 1.29 is 9.53 Å². The molecule has 3 aromatic rings. The number of benzene rings is 1. The Bertz CT molecular complexity index is 864. The highest BCUT2D eigenvalue weighted by Gasteiger charge is 2.42. The quantitative estimate of drug-likeness (QED) is 0.757. The van der Waals surface area contributed by atoms with Crippen molar-refractivity contribution >= 4 is 43.9 Å². The zero-order valence-corrected chi connectivity index (χ0v) is 15.0. The van der Waals surface area contributed by atoms with E-state index in [1.165, 1.54) is 16.9 Å². The molecule has 0 aliphatic carbocycles. The predicted molar refractivity (Wildman–Crippen MR) is 99.0 cm³/mol. The number of hydrogen-bond acceptors (Lipinski definition) is 5. The number of rotatable bonds is 3. The first-order valence-electron chi connectivity index (χ1n) is 7.98. The van der Waals surface area contributed by atoms with Gasteiger partial charge in [0.2, 0.25) is 5.91 Å². The third-order valence-electron chi connectivity index (χ3n) is 4.54. The molecule has 1 aliphatic heterocycles. The molecule has 124 valence electrons. The van der Waals surface area contributed by atoms with Gasteiger partial charge in [0.1, 0.15) is 0 Å². The van der Waals surface area contributed by atoms with Crippen LogP contribution in [0.15, 0.2) is 35.7 Å². The molecule has 0 atom stereocenters. The fraction of sp³-hybridized carbons (Fsp3) is 0.333. The van der Waals surface area contributed by atoms with Crippen molar-refractivity contribution in [1.29, 1.82) is 0 Å². The second kappa shape index (κ2) is 6.27. The summed E-state index contributed by atoms with van der Waals surface area (Å²) in [4.78, 5) is 18.8. The molecule has 6 heteroatoms. The summed E-state index contributed by atoms with van der Waals surface area (Å²) in [7, 11) is 0. The number of aryl methyl sites for hydroxylation is 1. The summed E-state index contributed by atoms with van der Waals surface area (Å²) in [5, 5.41) is 5.77. The molecule has 2 aromatic heterocycles. The number of carbonyl (C=O) groups excluding carboxylic acids is 1. The van der Waals surface area contributed by atoms with Crippen molar-refractivity contribution in [3.05, 3.63) is 46.2 Å². The molecule has 0 saturated carbocycles. The van der Waals surface area contributed by atoms with E-state index in [1.807, 2.05) is 23.6 Å². The lowest BCUT2D eigenvalue weighted by molar-refractivity contribution is -0.125. The van der Waals surface area contributed by atoms with Crippen LogP contribution in [0.4, 0.5) is 5.13 Å². The second-order valence-electron chi connectivity index (χ2n) is 6.12. The highest BCUT2D eigenvalue weighted by Crippen LogP contribution is 2.39. The Labute approximate surface area is 148 Å². The minimum Gasteiger partial charge on any atom is -0.381 e. The highest BCUT2D eigenvalue weighted by molar-refractivity contribution is 7.22. The maximum absolute atomic E-state index is 13.1. The molecule has 4 rings (SSSR count). The molecule has 0 radical (unpaired) electrons. The Morgan fingerprint density at radius 1 is 1.29 bits per heavy atom. The van der Waals surface area contributed by atoms with Crippen LogP contribution in [0.25, 0.3) is 10.2 Å². The molecule has 1 fully saturated rings. The average Bonchev–Trinajstić information content (AvgIpc) is 3.24. The first kappa shape index (κ1) is 15.7. The van der Waals surface area contributed by atoms with Gasteiger partial charge in [0.25, 0.3) is 0 Å². The number of thiazole rings is 1. The van der Waals surface area contributed by atoms with Crippen LogP contribution in [-0.4, -0.2) is 24.1 Å². The van der Waals surface area contributed by atoms with Gasteiger partial charge in [0.05, 0.1) is 15.6 Å². The lowest BCUT2D eigenvalue weighted by atomic mass is 9.78. The van der Waals surface area contributed by atoms with E-state index in [9.17, 15) is 4.79 Å². The molecular weight excluding hydrogens is 340 g/mol. The Hall–Kier alpha value is -1.76. The second-order valence-corrected chi connectivity index (χ2v) is 8.09. The van der Waals surface area contributed by atoms with Crippen molar-refractivity contribution in [2.45, 2.75) is 25.2 Å². The van der Waals surface area contributed by atoms with Gasteiger partial charge in [-0.3, -0.25) is 4.79 Å². The number of hydrogen-bond donors (Lipinski definition) is 1. The van der Waals surface area contributed by atoms with E-state index in [1.54, 1.807) is 11.3 Å². The smallest absolute Gasteiger partial charge is 0.237 e. The Morgan fingerprint density at radius 3 is 2.88 bits per heavy atom. The molecule has 4 nitrogen and oxygen atoms in total. The number of fused-ring (bicyclic) bond motifs is 1. The van der Waals surface area contributed by atoms with Gasteiger partial charge < -0.3 is 10.1 Å². The number of nitrogens with one attached hydrogen (secondary N) is 1. The van der Waals surface area contributed by atoms with Gasteiger partial charge in [-0.05, 0) is 48.9 Å². The molecule has 1 saturated heterocycles. The first-order chi connectivity index (χ1) is 11.7. The molecule has 1 aliphatic rings. The van der Waals surface area contributed by atoms with Gasteiger partial charge in [-0.15, -0.1) is 11.3 Å². The van der Waals surface area contributed by atoms with Gasteiger partial charge >= 0.3 is 0 Å². The zero-order valence-electron chi connectivity index (χ0n) is 13.4. The van der Waals surface area contributed by atoms with Crippen LogP contribution in [0.1, 0.15) is 23.3 Å². The van der Waals surface area contributed by atoms with Crippen molar-refractivity contribution in [2.75, 3.05) is 18.5 Å². The van der Waals surface area contributed by atoms with Gasteiger partial charge in [-0.1, -0.05) is 23.5 Å². The fourth-order valence-corrected chi connectivity index (χ4v) is 5.10. The number of anilines is 1. The number of thiophene rings is 1. The largest absolute Gasteiger partial charge is 0.381 e. The molecule has 1 aromatic carbocycles. The third-order valence-corrected chi connectivity index (χ3v) is 6.55. The molecular formula is C18H18N2O2S2. The van der Waals surface area contributed by atoms with Crippen LogP contribution in [0.3, 0.4) is 0 Å². The molecule has 0 unspecified atom stereocenters. The number of carbonyl (C=O) groups is 1. The summed E-state index contributed by atoms with van der Waals surface area (Å²) in [6, 6.07) is 10.2. The van der Waals surface area contributed by atoms with Crippen LogP contribution >= 0.6 is 22.7 Å². The molecule has 0 spiro atoms. The Morgan fingerprint density at radius 2 is 2.12 bits per heavy atom. The number of amides is 1. The van der Waals surface area contributed by atoms with E-state index in [0.29, 0.717) is 31.2 Å². The monoisotopic (exact) mass is 358 g/mol. The van der Waals surface area contributed by atoms with E-state index in [2.05, 4.69) is 29.4 Å². The van der Waals surface area contributed by atoms with Gasteiger partial charge in [0, 0.05) is 18.1 Å². The van der Waals surface area contributed by atoms with Gasteiger partial charge in [-0.2, -0.15) is 0 Å². The van der Waals surface area contributed by atoms with Crippen LogP contribution in [0.2, 0.25) is 0 Å². The standard InChI is InChI=1S/C18H18N2O2S2/c1-12-4-5-13-14(11-12)24-17(19-13)20-16(21)18(6-8-22-9-7-18)15-3-2-10-23-15/h2-5,10-11H,6-9H2,1H3,(H,19,20,21). The maximum Gasteiger partial charge on any atom is 0.237 e. The number of ether oxygens (including phenoxy) is 1. The first-order valence-corrected chi connectivity index (χ1v) is 9.67. The summed E-state index contributed by atoms with van der Waals surface area (Å²) >= 11 is 3.17. The molecule has 3 heterocycles. The minimum absolute atomic E-state index is 0.0315. The maximum atomic E-state index is 13.1. The van der Waals surface area contributed by atoms with Crippen molar-refractivity contribution in [1.82, 2.24) is 4.98 Å². The fourth-order valence-electron chi connectivity index (χ4n) is 3.16. The van der Waals surface area contributed by atoms with E-state index in [4.69, 9.17) is 4.74 Å². The molecule has 1 N–H and O–H groups in total. The molecule has 0 bridgehead atoms. The van der Waals surface area contributed by atoms with Crippen molar-refractivity contribution in [3.63, 3.8) is 0 Å². The zero-order chi connectivity index (χ0) is 16.6. The number of nitrogens with zero attached hydrogens (tertiary/aromatic N) is 1. The number of aromatic nitrogens is 1. The van der Waals surface area contributed by atoms with Crippen LogP contribution in [0, 0.1) is 6.92 Å². The molecule has 24 heavy (non-hydrogen) atoms. The summed E-state index contributed by atoms with van der Waals surface area (Å²) in [6.07, 6.45) is 1.42. The SMILES string of the molecule is Cc1ccc2nc(NC(=O)C3(c4cccs4)CCOCC3)sc2c1. The van der Waals surface area contributed by atoms with Crippen LogP contribution < -0.4 is 5.32 Å². The average molecular weight is 358 g/mol.